The molecule has 1 saturated carbocycles. The lowest BCUT2D eigenvalue weighted by Crippen LogP contribution is -2.22. The molecule has 10 nitrogen and oxygen atoms in total. The molecular weight excluding hydrogens is 313 g/mol. The smallest absolute Gasteiger partial charge is 0.382 e. The van der Waals surface area contributed by atoms with Crippen molar-refractivity contribution in [1.29, 1.82) is 0 Å². The van der Waals surface area contributed by atoms with E-state index in [9.17, 15) is 4.57 Å². The molecule has 2 aliphatic rings. The third-order valence-corrected chi connectivity index (χ3v) is 4.67. The number of ether oxygens (including phenoxy) is 1. The zero-order chi connectivity index (χ0) is 15.5. The van der Waals surface area contributed by atoms with Crippen LogP contribution in [0, 0.1) is 5.92 Å². The lowest BCUT2D eigenvalue weighted by atomic mass is 10.2. The molecule has 4 N–H and O–H groups in total. The van der Waals surface area contributed by atoms with E-state index >= 15 is 0 Å². The van der Waals surface area contributed by atoms with Gasteiger partial charge in [0.05, 0.1) is 18.5 Å². The van der Waals surface area contributed by atoms with Gasteiger partial charge in [0.25, 0.3) is 0 Å². The second-order valence-electron chi connectivity index (χ2n) is 5.62. The van der Waals surface area contributed by atoms with Crippen LogP contribution in [0.4, 0.5) is 5.82 Å². The second kappa shape index (κ2) is 4.46. The van der Waals surface area contributed by atoms with Crippen molar-refractivity contribution in [3.05, 3.63) is 12.7 Å². The summed E-state index contributed by atoms with van der Waals surface area (Å²) in [5.41, 5.74) is 6.21. The molecule has 22 heavy (non-hydrogen) atoms. The van der Waals surface area contributed by atoms with E-state index in [1.165, 1.54) is 6.33 Å². The third-order valence-electron chi connectivity index (χ3n) is 4.21. The average molecular weight is 327 g/mol. The molecule has 3 heterocycles. The quantitative estimate of drug-likeness (QED) is 0.670. The molecule has 1 aliphatic heterocycles. The molecule has 0 amide bonds. The fraction of sp³-hybridized carbons (Fsp3) is 0.545. The summed E-state index contributed by atoms with van der Waals surface area (Å²) in [5.74, 6) is 0.507. The van der Waals surface area contributed by atoms with Gasteiger partial charge >= 0.3 is 7.82 Å². The topological polar surface area (TPSA) is 146 Å². The number of hydrogen-bond acceptors (Lipinski definition) is 7. The number of nitrogen functional groups attached to an aromatic ring is 1. The van der Waals surface area contributed by atoms with E-state index in [-0.39, 0.29) is 18.8 Å². The van der Waals surface area contributed by atoms with Crippen LogP contribution in [0.5, 0.6) is 0 Å². The van der Waals surface area contributed by atoms with Crippen molar-refractivity contribution in [2.24, 2.45) is 5.92 Å². The first-order valence-electron chi connectivity index (χ1n) is 6.69. The maximum Gasteiger partial charge on any atom is 0.469 e. The Hall–Kier alpha value is -1.58. The van der Waals surface area contributed by atoms with Gasteiger partial charge < -0.3 is 20.3 Å². The first-order valence-corrected chi connectivity index (χ1v) is 8.22. The summed E-state index contributed by atoms with van der Waals surface area (Å²) < 4.78 is 23.2. The second-order valence-corrected chi connectivity index (χ2v) is 6.86. The molecule has 0 aromatic carbocycles. The van der Waals surface area contributed by atoms with E-state index in [1.54, 1.807) is 10.9 Å². The number of anilines is 1. The summed E-state index contributed by atoms with van der Waals surface area (Å²) in [7, 11) is -4.50. The van der Waals surface area contributed by atoms with Crippen molar-refractivity contribution < 1.29 is 23.6 Å². The number of phosphoric ester groups is 1. The minimum Gasteiger partial charge on any atom is -0.382 e. The SMILES string of the molecule is Nc1ncnc2c1ncn2[C@H]1CC2C[C@]2(COP(=O)(O)O)O1. The number of aromatic nitrogens is 4. The number of fused-ring (bicyclic) bond motifs is 2. The van der Waals surface area contributed by atoms with Crippen molar-refractivity contribution in [3.63, 3.8) is 0 Å². The zero-order valence-corrected chi connectivity index (χ0v) is 12.3. The normalized spacial score (nSPS) is 30.6. The fourth-order valence-corrected chi connectivity index (χ4v) is 3.41. The van der Waals surface area contributed by atoms with Crippen LogP contribution < -0.4 is 5.73 Å². The third kappa shape index (κ3) is 2.20. The summed E-state index contributed by atoms with van der Waals surface area (Å²) in [4.78, 5) is 29.9. The molecule has 1 saturated heterocycles. The van der Waals surface area contributed by atoms with Gasteiger partial charge in [-0.25, -0.2) is 19.5 Å². The van der Waals surface area contributed by atoms with Gasteiger partial charge in [0.2, 0.25) is 0 Å². The highest BCUT2D eigenvalue weighted by Crippen LogP contribution is 2.60. The van der Waals surface area contributed by atoms with E-state index < -0.39 is 13.4 Å². The Kier molecular flexibility index (Phi) is 2.85. The van der Waals surface area contributed by atoms with Crippen LogP contribution >= 0.6 is 7.82 Å². The monoisotopic (exact) mass is 327 g/mol. The molecule has 2 aromatic rings. The Labute approximate surface area is 124 Å². The van der Waals surface area contributed by atoms with E-state index in [0.29, 0.717) is 23.4 Å². The van der Waals surface area contributed by atoms with Crippen LogP contribution in [-0.4, -0.2) is 41.5 Å². The standard InChI is InChI=1S/C11H14N5O5P/c12-9-8-10(14-4-13-9)16(5-15-8)7-1-6-2-11(6,21-7)3-20-22(17,18)19/h4-7H,1-3H2,(H2,12,13,14)(H2,17,18,19)/t6?,7-,11-/m1/s1. The Morgan fingerprint density at radius 2 is 2.32 bits per heavy atom. The van der Waals surface area contributed by atoms with Crippen molar-refractivity contribution in [1.82, 2.24) is 19.5 Å². The van der Waals surface area contributed by atoms with Gasteiger partial charge in [-0.15, -0.1) is 0 Å². The van der Waals surface area contributed by atoms with E-state index in [2.05, 4.69) is 19.5 Å². The van der Waals surface area contributed by atoms with Crippen LogP contribution in [-0.2, 0) is 13.8 Å². The first kappa shape index (κ1) is 14.0. The molecule has 1 unspecified atom stereocenters. The van der Waals surface area contributed by atoms with Gasteiger partial charge in [-0.1, -0.05) is 0 Å². The van der Waals surface area contributed by atoms with Crippen molar-refractivity contribution in [2.45, 2.75) is 24.7 Å². The van der Waals surface area contributed by atoms with Gasteiger partial charge in [-0.05, 0) is 18.8 Å². The molecule has 3 atom stereocenters. The summed E-state index contributed by atoms with van der Waals surface area (Å²) in [6, 6.07) is 0. The predicted octanol–water partition coefficient (Wildman–Crippen LogP) is 0.195. The van der Waals surface area contributed by atoms with Crippen LogP contribution in [0.25, 0.3) is 11.2 Å². The highest BCUT2D eigenvalue weighted by Gasteiger charge is 2.63. The zero-order valence-electron chi connectivity index (χ0n) is 11.4. The highest BCUT2D eigenvalue weighted by molar-refractivity contribution is 7.46. The average Bonchev–Trinajstić information content (AvgIpc) is 2.84. The minimum absolute atomic E-state index is 0.123. The molecule has 11 heteroatoms. The highest BCUT2D eigenvalue weighted by atomic mass is 31.2. The van der Waals surface area contributed by atoms with Crippen molar-refractivity contribution in [3.8, 4) is 0 Å². The van der Waals surface area contributed by atoms with Crippen LogP contribution in [0.2, 0.25) is 0 Å². The maximum atomic E-state index is 10.8. The van der Waals surface area contributed by atoms with E-state index in [4.69, 9.17) is 20.3 Å². The Morgan fingerprint density at radius 1 is 1.50 bits per heavy atom. The molecule has 4 rings (SSSR count). The van der Waals surface area contributed by atoms with Gasteiger partial charge in [-0.3, -0.25) is 9.09 Å². The maximum absolute atomic E-state index is 10.8. The van der Waals surface area contributed by atoms with Gasteiger partial charge in [0.1, 0.15) is 18.1 Å². The summed E-state index contributed by atoms with van der Waals surface area (Å²) in [6.07, 6.45) is 4.08. The summed E-state index contributed by atoms with van der Waals surface area (Å²) in [5, 5.41) is 0. The van der Waals surface area contributed by atoms with E-state index in [0.717, 1.165) is 6.42 Å². The largest absolute Gasteiger partial charge is 0.469 e. The Morgan fingerprint density at radius 3 is 3.09 bits per heavy atom. The number of nitrogens with two attached hydrogens (primary N) is 1. The Balaban J connectivity index is 1.56. The van der Waals surface area contributed by atoms with E-state index in [1.807, 2.05) is 0 Å². The van der Waals surface area contributed by atoms with Crippen LogP contribution in [0.1, 0.15) is 19.1 Å². The number of hydrogen-bond donors (Lipinski definition) is 3. The number of nitrogens with zero attached hydrogens (tertiary/aromatic N) is 4. The molecule has 0 spiro atoms. The predicted molar refractivity (Wildman–Crippen MR) is 73.3 cm³/mol. The van der Waals surface area contributed by atoms with Gasteiger partial charge in [-0.2, -0.15) is 0 Å². The van der Waals surface area contributed by atoms with Crippen LogP contribution in [0.15, 0.2) is 12.7 Å². The Bertz CT molecular complexity index is 790. The molecular formula is C11H14N5O5P. The number of imidazole rings is 1. The molecule has 1 aliphatic carbocycles. The molecule has 118 valence electrons. The molecule has 2 aromatic heterocycles. The summed E-state index contributed by atoms with van der Waals surface area (Å²) in [6.45, 7) is -0.123. The first-order chi connectivity index (χ1) is 10.4. The molecule has 0 bridgehead atoms. The molecule has 0 radical (unpaired) electrons. The molecule has 2 fully saturated rings. The van der Waals surface area contributed by atoms with Crippen LogP contribution in [0.3, 0.4) is 0 Å². The minimum atomic E-state index is -4.50. The van der Waals surface area contributed by atoms with Crippen molar-refractivity contribution >= 4 is 24.8 Å². The lowest BCUT2D eigenvalue weighted by Gasteiger charge is -2.20. The van der Waals surface area contributed by atoms with Gasteiger partial charge in [0.15, 0.2) is 11.5 Å². The summed E-state index contributed by atoms with van der Waals surface area (Å²) >= 11 is 0. The number of rotatable bonds is 4. The number of phosphoric acid groups is 1. The van der Waals surface area contributed by atoms with Gasteiger partial charge in [0, 0.05) is 0 Å². The lowest BCUT2D eigenvalue weighted by molar-refractivity contribution is -0.0574. The van der Waals surface area contributed by atoms with Crippen molar-refractivity contribution in [2.75, 3.05) is 12.3 Å². The fourth-order valence-electron chi connectivity index (χ4n) is 3.02.